The number of rotatable bonds is 14. The van der Waals surface area contributed by atoms with Crippen molar-refractivity contribution in [1.82, 2.24) is 10.3 Å². The lowest BCUT2D eigenvalue weighted by atomic mass is 10.0. The largest absolute Gasteiger partial charge is 0.496 e. The quantitative estimate of drug-likeness (QED) is 0.284. The molecular weight excluding hydrogens is 474 g/mol. The van der Waals surface area contributed by atoms with E-state index in [9.17, 15) is 19.5 Å². The number of pyridine rings is 1. The summed E-state index contributed by atoms with van der Waals surface area (Å²) in [5.74, 6) is -0.312. The van der Waals surface area contributed by atoms with Crippen molar-refractivity contribution in [1.29, 1.82) is 0 Å². The van der Waals surface area contributed by atoms with E-state index in [2.05, 4.69) is 15.6 Å². The van der Waals surface area contributed by atoms with Crippen molar-refractivity contribution in [3.8, 4) is 11.5 Å². The molecule has 194 valence electrons. The Morgan fingerprint density at radius 1 is 0.919 bits per heavy atom. The van der Waals surface area contributed by atoms with E-state index < -0.39 is 17.9 Å². The molecule has 3 N–H and O–H groups in total. The van der Waals surface area contributed by atoms with Gasteiger partial charge in [0.2, 0.25) is 0 Å². The summed E-state index contributed by atoms with van der Waals surface area (Å²) in [6.45, 7) is 0.657. The van der Waals surface area contributed by atoms with E-state index >= 15 is 0 Å². The van der Waals surface area contributed by atoms with Crippen molar-refractivity contribution in [3.05, 3.63) is 83.6 Å². The van der Waals surface area contributed by atoms with Crippen LogP contribution in [0.4, 0.5) is 5.82 Å². The summed E-state index contributed by atoms with van der Waals surface area (Å²) in [5.41, 5.74) is 1.69. The third-order valence-corrected chi connectivity index (χ3v) is 5.73. The number of carbonyl (C=O) groups is 3. The number of ketones is 1. The average molecular weight is 506 g/mol. The minimum atomic E-state index is -1.17. The van der Waals surface area contributed by atoms with Gasteiger partial charge in [-0.2, -0.15) is 0 Å². The molecule has 3 rings (SSSR count). The van der Waals surface area contributed by atoms with Gasteiger partial charge in [-0.15, -0.1) is 0 Å². The minimum absolute atomic E-state index is 0.0754. The van der Waals surface area contributed by atoms with E-state index in [-0.39, 0.29) is 29.3 Å². The second-order valence-electron chi connectivity index (χ2n) is 8.38. The summed E-state index contributed by atoms with van der Waals surface area (Å²) >= 11 is 0. The third-order valence-electron chi connectivity index (χ3n) is 5.73. The smallest absolute Gasteiger partial charge is 0.326 e. The lowest BCUT2D eigenvalue weighted by Gasteiger charge is -2.17. The van der Waals surface area contributed by atoms with E-state index in [4.69, 9.17) is 9.47 Å². The lowest BCUT2D eigenvalue weighted by Crippen LogP contribution is -2.42. The first kappa shape index (κ1) is 27.2. The number of hydrogen-bond acceptors (Lipinski definition) is 7. The molecule has 3 aromatic rings. The Morgan fingerprint density at radius 2 is 1.59 bits per heavy atom. The highest BCUT2D eigenvalue weighted by Gasteiger charge is 2.25. The second-order valence-corrected chi connectivity index (χ2v) is 8.38. The van der Waals surface area contributed by atoms with Crippen LogP contribution >= 0.6 is 0 Å². The summed E-state index contributed by atoms with van der Waals surface area (Å²) in [6, 6.07) is 16.5. The van der Waals surface area contributed by atoms with Crippen molar-refractivity contribution in [2.45, 2.75) is 31.7 Å². The van der Waals surface area contributed by atoms with Crippen LogP contribution in [0.25, 0.3) is 0 Å². The van der Waals surface area contributed by atoms with Crippen LogP contribution in [0, 0.1) is 0 Å². The highest BCUT2D eigenvalue weighted by Crippen LogP contribution is 2.28. The number of Topliss-reactive ketones (excluding diaryl/α,β-unsaturated/α-hetero) is 1. The fraction of sp³-hybridized carbons (Fsp3) is 0.286. The zero-order chi connectivity index (χ0) is 26.6. The van der Waals surface area contributed by atoms with E-state index in [1.165, 1.54) is 14.2 Å². The number of aliphatic carboxylic acids is 1. The zero-order valence-electron chi connectivity index (χ0n) is 20.9. The van der Waals surface area contributed by atoms with Gasteiger partial charge in [0, 0.05) is 32.0 Å². The molecule has 1 atom stereocenters. The van der Waals surface area contributed by atoms with Crippen LogP contribution < -0.4 is 20.1 Å². The normalized spacial score (nSPS) is 11.3. The molecule has 0 unspecified atom stereocenters. The molecule has 9 heteroatoms. The van der Waals surface area contributed by atoms with Crippen LogP contribution in [0.1, 0.15) is 34.3 Å². The molecule has 0 aliphatic rings. The summed E-state index contributed by atoms with van der Waals surface area (Å²) in [7, 11) is 2.84. The number of nitrogens with zero attached hydrogens (tertiary/aromatic N) is 1. The van der Waals surface area contributed by atoms with E-state index in [0.717, 1.165) is 16.9 Å². The molecular formula is C28H31N3O6. The third kappa shape index (κ3) is 8.06. The molecule has 0 spiro atoms. The molecule has 1 heterocycles. The Labute approximate surface area is 215 Å². The van der Waals surface area contributed by atoms with Crippen molar-refractivity contribution < 1.29 is 29.0 Å². The molecule has 9 nitrogen and oxygen atoms in total. The maximum absolute atomic E-state index is 12.9. The van der Waals surface area contributed by atoms with Gasteiger partial charge in [0.05, 0.1) is 14.2 Å². The molecule has 0 saturated carbocycles. The number of carboxylic acid groups (broad SMARTS) is 1. The number of carbonyl (C=O) groups excluding carboxylic acids is 2. The summed E-state index contributed by atoms with van der Waals surface area (Å²) in [6.07, 6.45) is 3.23. The Hall–Kier alpha value is -4.40. The number of methoxy groups -OCH3 is 2. The fourth-order valence-corrected chi connectivity index (χ4v) is 3.82. The topological polar surface area (TPSA) is 127 Å². The summed E-state index contributed by atoms with van der Waals surface area (Å²) in [4.78, 5) is 41.3. The van der Waals surface area contributed by atoms with Crippen molar-refractivity contribution in [2.24, 2.45) is 0 Å². The van der Waals surface area contributed by atoms with Crippen LogP contribution in [0.15, 0.2) is 66.9 Å². The van der Waals surface area contributed by atoms with Gasteiger partial charge in [-0.25, -0.2) is 9.78 Å². The van der Waals surface area contributed by atoms with Crippen molar-refractivity contribution in [3.63, 3.8) is 0 Å². The van der Waals surface area contributed by atoms with E-state index in [1.54, 1.807) is 36.5 Å². The molecule has 37 heavy (non-hydrogen) atoms. The Kier molecular flexibility index (Phi) is 10.0. The molecule has 0 fully saturated rings. The summed E-state index contributed by atoms with van der Waals surface area (Å²) < 4.78 is 10.5. The van der Waals surface area contributed by atoms with Crippen LogP contribution in [0.5, 0.6) is 11.5 Å². The zero-order valence-corrected chi connectivity index (χ0v) is 20.9. The Bertz CT molecular complexity index is 1180. The molecule has 1 aromatic heterocycles. The van der Waals surface area contributed by atoms with Gasteiger partial charge in [-0.1, -0.05) is 36.4 Å². The SMILES string of the molecule is COc1cccc(OC)c1C(=O)N[C@@H](Cc1ccc(CC(=O)CCCNc2ccccn2)cc1)C(=O)O. The first-order valence-electron chi connectivity index (χ1n) is 11.9. The highest BCUT2D eigenvalue weighted by atomic mass is 16.5. The van der Waals surface area contributed by atoms with E-state index in [1.807, 2.05) is 30.3 Å². The highest BCUT2D eigenvalue weighted by molar-refractivity contribution is 6.01. The Morgan fingerprint density at radius 3 is 2.19 bits per heavy atom. The number of amides is 1. The molecule has 0 radical (unpaired) electrons. The first-order valence-corrected chi connectivity index (χ1v) is 11.9. The van der Waals surface area contributed by atoms with Crippen molar-refractivity contribution in [2.75, 3.05) is 26.1 Å². The molecule has 2 aromatic carbocycles. The number of aromatic nitrogens is 1. The molecule has 0 aliphatic carbocycles. The summed E-state index contributed by atoms with van der Waals surface area (Å²) in [5, 5.41) is 15.4. The fourth-order valence-electron chi connectivity index (χ4n) is 3.82. The maximum Gasteiger partial charge on any atom is 0.326 e. The average Bonchev–Trinajstić information content (AvgIpc) is 2.91. The van der Waals surface area contributed by atoms with Gasteiger partial charge in [0.25, 0.3) is 5.91 Å². The van der Waals surface area contributed by atoms with Gasteiger partial charge in [-0.3, -0.25) is 9.59 Å². The van der Waals surface area contributed by atoms with E-state index in [0.29, 0.717) is 25.8 Å². The second kappa shape index (κ2) is 13.6. The standard InChI is InChI=1S/C28H31N3O6/c1-36-23-8-5-9-24(37-2)26(23)27(33)31-22(28(34)35)18-20-13-11-19(12-14-20)17-21(32)7-6-16-30-25-10-3-4-15-29-25/h3-5,8-15,22H,6-7,16-18H2,1-2H3,(H,29,30)(H,31,33)(H,34,35)/t22-/m0/s1. The monoisotopic (exact) mass is 505 g/mol. The molecule has 0 bridgehead atoms. The Balaban J connectivity index is 1.53. The van der Waals surface area contributed by atoms with Gasteiger partial charge in [0.15, 0.2) is 0 Å². The number of nitrogens with one attached hydrogen (secondary N) is 2. The van der Waals surface area contributed by atoms with Crippen LogP contribution in [0.2, 0.25) is 0 Å². The van der Waals surface area contributed by atoms with Crippen LogP contribution in [-0.4, -0.2) is 54.6 Å². The van der Waals surface area contributed by atoms with Crippen LogP contribution in [-0.2, 0) is 22.4 Å². The number of anilines is 1. The van der Waals surface area contributed by atoms with Crippen LogP contribution in [0.3, 0.4) is 0 Å². The molecule has 1 amide bonds. The molecule has 0 saturated heterocycles. The molecule has 0 aliphatic heterocycles. The first-order chi connectivity index (χ1) is 17.9. The maximum atomic E-state index is 12.9. The number of hydrogen-bond donors (Lipinski definition) is 3. The van der Waals surface area contributed by atoms with Gasteiger partial charge in [-0.05, 0) is 41.8 Å². The number of benzene rings is 2. The minimum Gasteiger partial charge on any atom is -0.496 e. The lowest BCUT2D eigenvalue weighted by molar-refractivity contribution is -0.139. The number of carboxylic acids is 1. The predicted octanol–water partition coefficient (Wildman–Crippen LogP) is 3.53. The van der Waals surface area contributed by atoms with Gasteiger partial charge < -0.3 is 25.2 Å². The number of ether oxygens (including phenoxy) is 2. The van der Waals surface area contributed by atoms with Crippen molar-refractivity contribution >= 4 is 23.5 Å². The van der Waals surface area contributed by atoms with Gasteiger partial charge >= 0.3 is 5.97 Å². The van der Waals surface area contributed by atoms with Gasteiger partial charge in [0.1, 0.15) is 34.7 Å². The predicted molar refractivity (Wildman–Crippen MR) is 139 cm³/mol.